The maximum atomic E-state index is 6.38. The molecule has 0 amide bonds. The van der Waals surface area contributed by atoms with Gasteiger partial charge in [-0.3, -0.25) is 0 Å². The molecule has 7 rings (SSSR count). The van der Waals surface area contributed by atoms with E-state index >= 15 is 0 Å². The van der Waals surface area contributed by atoms with Crippen molar-refractivity contribution in [1.29, 1.82) is 0 Å². The number of fused-ring (bicyclic) bond motifs is 6. The fourth-order valence-electron chi connectivity index (χ4n) is 5.69. The Morgan fingerprint density at radius 2 is 1.54 bits per heavy atom. The zero-order valence-electron chi connectivity index (χ0n) is 20.5. The van der Waals surface area contributed by atoms with Gasteiger partial charge in [0.2, 0.25) is 0 Å². The Morgan fingerprint density at radius 3 is 2.37 bits per heavy atom. The van der Waals surface area contributed by atoms with Crippen molar-refractivity contribution in [1.82, 2.24) is 0 Å². The van der Waals surface area contributed by atoms with Crippen LogP contribution in [0.3, 0.4) is 0 Å². The highest BCUT2D eigenvalue weighted by atomic mass is 32.1. The van der Waals surface area contributed by atoms with Gasteiger partial charge in [-0.25, -0.2) is 0 Å². The first kappa shape index (κ1) is 21.4. The van der Waals surface area contributed by atoms with Crippen LogP contribution in [0.5, 0.6) is 0 Å². The zero-order valence-corrected chi connectivity index (χ0v) is 21.3. The zero-order chi connectivity index (χ0) is 23.9. The minimum atomic E-state index is -0.355. The van der Waals surface area contributed by atoms with Crippen LogP contribution in [-0.4, -0.2) is 24.4 Å². The van der Waals surface area contributed by atoms with Crippen LogP contribution in [0.1, 0.15) is 39.2 Å². The molecule has 2 atom stereocenters. The van der Waals surface area contributed by atoms with E-state index in [9.17, 15) is 0 Å². The molecule has 0 spiro atoms. The Morgan fingerprint density at radius 1 is 0.800 bits per heavy atom. The molecule has 0 N–H and O–H groups in total. The molecule has 3 aliphatic rings. The highest BCUT2D eigenvalue weighted by Crippen LogP contribution is 2.51. The number of rotatable bonds is 2. The third-order valence-electron chi connectivity index (χ3n) is 8.24. The number of nitrogens with zero attached hydrogens (tertiary/aromatic N) is 1. The lowest BCUT2D eigenvalue weighted by Crippen LogP contribution is -2.41. The van der Waals surface area contributed by atoms with Crippen LogP contribution in [-0.2, 0) is 9.31 Å². The standard InChI is InChI=1S/C30H28BNO2S/c1-29(2)30(3,4)34-31(33-29)19-16-17-25-23(18-19)20-10-5-7-13-24(20)32(25)26-14-9-12-22-21-11-6-8-15-27(21)35-28(22)26/h5-18,20,24H,1-4H3. The number of hydrogen-bond acceptors (Lipinski definition) is 4. The summed E-state index contributed by atoms with van der Waals surface area (Å²) in [6.45, 7) is 8.44. The molecule has 1 aliphatic carbocycles. The number of thiophene rings is 1. The monoisotopic (exact) mass is 477 g/mol. The smallest absolute Gasteiger partial charge is 0.399 e. The van der Waals surface area contributed by atoms with Gasteiger partial charge in [-0.1, -0.05) is 66.8 Å². The van der Waals surface area contributed by atoms with Gasteiger partial charge in [0.05, 0.1) is 27.6 Å². The molecule has 2 unspecified atom stereocenters. The summed E-state index contributed by atoms with van der Waals surface area (Å²) < 4.78 is 15.4. The summed E-state index contributed by atoms with van der Waals surface area (Å²) in [6, 6.07) is 22.5. The molecule has 3 aromatic carbocycles. The average molecular weight is 477 g/mol. The first-order valence-corrected chi connectivity index (χ1v) is 13.2. The lowest BCUT2D eigenvalue weighted by atomic mass is 9.77. The van der Waals surface area contributed by atoms with E-state index in [1.54, 1.807) is 0 Å². The second kappa shape index (κ2) is 7.33. The molecule has 35 heavy (non-hydrogen) atoms. The minimum absolute atomic E-state index is 0.249. The number of hydrogen-bond donors (Lipinski definition) is 0. The molecule has 1 aromatic heterocycles. The van der Waals surface area contributed by atoms with Gasteiger partial charge in [0.1, 0.15) is 0 Å². The van der Waals surface area contributed by atoms with Gasteiger partial charge in [0.15, 0.2) is 0 Å². The van der Waals surface area contributed by atoms with E-state index in [2.05, 4.69) is 118 Å². The van der Waals surface area contributed by atoms with Crippen LogP contribution in [0.2, 0.25) is 0 Å². The molecule has 4 aromatic rings. The molecule has 0 bridgehead atoms. The molecule has 3 nitrogen and oxygen atoms in total. The maximum Gasteiger partial charge on any atom is 0.494 e. The number of anilines is 2. The summed E-state index contributed by atoms with van der Waals surface area (Å²) >= 11 is 1.89. The first-order chi connectivity index (χ1) is 16.8. The summed E-state index contributed by atoms with van der Waals surface area (Å²) in [7, 11) is -0.355. The van der Waals surface area contributed by atoms with E-state index in [0.29, 0.717) is 5.92 Å². The third-order valence-corrected chi connectivity index (χ3v) is 9.45. The van der Waals surface area contributed by atoms with Crippen LogP contribution >= 0.6 is 11.3 Å². The summed E-state index contributed by atoms with van der Waals surface area (Å²) in [5, 5.41) is 2.66. The van der Waals surface area contributed by atoms with Gasteiger partial charge >= 0.3 is 7.12 Å². The Balaban J connectivity index is 1.37. The SMILES string of the molecule is CC1(C)OB(c2ccc3c(c2)C2C=CC=CC2N3c2cccc3c2sc2ccccc23)OC1(C)C. The van der Waals surface area contributed by atoms with Crippen LogP contribution in [0.4, 0.5) is 11.4 Å². The van der Waals surface area contributed by atoms with Crippen molar-refractivity contribution in [2.45, 2.75) is 50.9 Å². The quantitative estimate of drug-likeness (QED) is 0.288. The van der Waals surface area contributed by atoms with Crippen molar-refractivity contribution in [3.05, 3.63) is 90.5 Å². The summed E-state index contributed by atoms with van der Waals surface area (Å²) in [5.74, 6) is 0.294. The molecule has 3 heterocycles. The fraction of sp³-hybridized carbons (Fsp3) is 0.267. The van der Waals surface area contributed by atoms with E-state index in [-0.39, 0.29) is 24.4 Å². The van der Waals surface area contributed by atoms with Crippen molar-refractivity contribution in [3.8, 4) is 0 Å². The minimum Gasteiger partial charge on any atom is -0.399 e. The van der Waals surface area contributed by atoms with Gasteiger partial charge in [-0.15, -0.1) is 11.3 Å². The van der Waals surface area contributed by atoms with E-state index in [4.69, 9.17) is 9.31 Å². The Labute approximate surface area is 210 Å². The summed E-state index contributed by atoms with van der Waals surface area (Å²) in [5.41, 5.74) is 4.26. The average Bonchev–Trinajstić information content (AvgIpc) is 3.45. The van der Waals surface area contributed by atoms with Crippen molar-refractivity contribution >= 4 is 55.5 Å². The molecular weight excluding hydrogens is 449 g/mol. The van der Waals surface area contributed by atoms with Crippen molar-refractivity contribution < 1.29 is 9.31 Å². The highest BCUT2D eigenvalue weighted by molar-refractivity contribution is 7.26. The van der Waals surface area contributed by atoms with Crippen LogP contribution < -0.4 is 10.4 Å². The van der Waals surface area contributed by atoms with Crippen LogP contribution in [0, 0.1) is 0 Å². The second-order valence-corrected chi connectivity index (χ2v) is 11.9. The second-order valence-electron chi connectivity index (χ2n) is 10.8. The predicted octanol–water partition coefficient (Wildman–Crippen LogP) is 7.08. The first-order valence-electron chi connectivity index (χ1n) is 12.4. The van der Waals surface area contributed by atoms with Crippen LogP contribution in [0.25, 0.3) is 20.2 Å². The molecule has 0 saturated carbocycles. The summed E-state index contributed by atoms with van der Waals surface area (Å²) in [6.07, 6.45) is 9.03. The van der Waals surface area contributed by atoms with Gasteiger partial charge < -0.3 is 14.2 Å². The van der Waals surface area contributed by atoms with Gasteiger partial charge in [-0.2, -0.15) is 0 Å². The largest absolute Gasteiger partial charge is 0.494 e. The Bertz CT molecular complexity index is 1530. The lowest BCUT2D eigenvalue weighted by Gasteiger charge is -2.32. The molecule has 0 radical (unpaired) electrons. The number of benzene rings is 3. The van der Waals surface area contributed by atoms with Gasteiger partial charge in [0.25, 0.3) is 0 Å². The van der Waals surface area contributed by atoms with Crippen molar-refractivity contribution in [2.24, 2.45) is 0 Å². The third kappa shape index (κ3) is 3.05. The molecule has 174 valence electrons. The molecular formula is C30H28BNO2S. The maximum absolute atomic E-state index is 6.38. The van der Waals surface area contributed by atoms with E-state index in [1.165, 1.54) is 37.1 Å². The molecule has 1 fully saturated rings. The van der Waals surface area contributed by atoms with Crippen molar-refractivity contribution in [3.63, 3.8) is 0 Å². The lowest BCUT2D eigenvalue weighted by molar-refractivity contribution is 0.00578. The molecule has 5 heteroatoms. The number of allylic oxidation sites excluding steroid dienone is 2. The van der Waals surface area contributed by atoms with E-state index in [0.717, 1.165) is 5.46 Å². The predicted molar refractivity (Wildman–Crippen MR) is 148 cm³/mol. The Kier molecular flexibility index (Phi) is 4.49. The van der Waals surface area contributed by atoms with Crippen molar-refractivity contribution in [2.75, 3.05) is 4.90 Å². The topological polar surface area (TPSA) is 21.7 Å². The van der Waals surface area contributed by atoms with Crippen LogP contribution in [0.15, 0.2) is 85.0 Å². The fourth-order valence-corrected chi connectivity index (χ4v) is 6.90. The molecule has 1 saturated heterocycles. The van der Waals surface area contributed by atoms with Gasteiger partial charge in [0, 0.05) is 27.1 Å². The van der Waals surface area contributed by atoms with Gasteiger partial charge in [-0.05, 0) is 56.9 Å². The summed E-state index contributed by atoms with van der Waals surface area (Å²) in [4.78, 5) is 2.53. The van der Waals surface area contributed by atoms with E-state index < -0.39 is 0 Å². The Hall–Kier alpha value is -2.86. The molecule has 2 aliphatic heterocycles. The highest BCUT2D eigenvalue weighted by Gasteiger charge is 2.52. The normalized spacial score (nSPS) is 23.9. The van der Waals surface area contributed by atoms with E-state index in [1.807, 2.05) is 11.3 Å².